The van der Waals surface area contributed by atoms with E-state index in [1.165, 1.54) is 0 Å². The zero-order valence-electron chi connectivity index (χ0n) is 6.53. The number of rotatable bonds is 1. The van der Waals surface area contributed by atoms with Crippen molar-refractivity contribution in [1.82, 2.24) is 0 Å². The van der Waals surface area contributed by atoms with E-state index in [1.54, 1.807) is 0 Å². The van der Waals surface area contributed by atoms with Crippen LogP contribution in [0.5, 0.6) is 0 Å². The molecule has 3 N–H and O–H groups in total. The Morgan fingerprint density at radius 3 is 2.15 bits per heavy atom. The Morgan fingerprint density at radius 2 is 1.77 bits per heavy atom. The molecule has 1 aliphatic carbocycles. The predicted molar refractivity (Wildman–Crippen MR) is 37.6 cm³/mol. The molecule has 0 radical (unpaired) electrons. The summed E-state index contributed by atoms with van der Waals surface area (Å²) in [6, 6.07) is 0. The van der Waals surface area contributed by atoms with E-state index in [4.69, 9.17) is 15.3 Å². The van der Waals surface area contributed by atoms with Crippen LogP contribution in [0, 0.1) is 0 Å². The summed E-state index contributed by atoms with van der Waals surface area (Å²) in [5.74, 6) is 0. The third kappa shape index (κ3) is 2.45. The Morgan fingerprint density at radius 1 is 1.23 bits per heavy atom. The molecule has 0 heterocycles. The van der Waals surface area contributed by atoms with Gasteiger partial charge in [0.25, 0.3) is 0 Å². The highest BCUT2D eigenvalue weighted by molar-refractivity contribution is 7.58. The summed E-state index contributed by atoms with van der Waals surface area (Å²) in [5, 5.41) is 26.5. The van der Waals surface area contributed by atoms with Crippen molar-refractivity contribution in [2.45, 2.75) is 24.7 Å². The monoisotopic (exact) mass is 208 g/mol. The molecule has 0 aromatic heterocycles. The first kappa shape index (κ1) is 11.0. The van der Waals surface area contributed by atoms with E-state index >= 15 is 0 Å². The first-order valence-corrected chi connectivity index (χ1v) is 5.14. The summed E-state index contributed by atoms with van der Waals surface area (Å²) >= 11 is 0. The highest BCUT2D eigenvalue weighted by Crippen LogP contribution is 2.44. The van der Waals surface area contributed by atoms with Crippen LogP contribution in [-0.4, -0.2) is 33.6 Å². The highest BCUT2D eigenvalue weighted by atomic mass is 31.2. The van der Waals surface area contributed by atoms with Gasteiger partial charge in [0.05, 0.1) is 11.4 Å². The molecule has 0 saturated carbocycles. The van der Waals surface area contributed by atoms with Gasteiger partial charge in [-0.1, -0.05) is 0 Å². The fourth-order valence-corrected chi connectivity index (χ4v) is 1.88. The standard InChI is InChI=1S/C6H11O6P/c7-4-1-3(13(10,11)12)2-5(8)6(4)9/h1,4-9H,2H2,(H2,10,11,12)/p-2/t4-,5-,6-/m1/s1. The van der Waals surface area contributed by atoms with Gasteiger partial charge in [-0.3, -0.25) is 0 Å². The van der Waals surface area contributed by atoms with Gasteiger partial charge in [-0.25, -0.2) is 0 Å². The van der Waals surface area contributed by atoms with Crippen LogP contribution in [0.25, 0.3) is 0 Å². The molecule has 0 aliphatic heterocycles. The minimum atomic E-state index is -4.91. The van der Waals surface area contributed by atoms with E-state index in [2.05, 4.69) is 0 Å². The molecule has 0 aromatic carbocycles. The van der Waals surface area contributed by atoms with Crippen molar-refractivity contribution in [3.8, 4) is 0 Å². The van der Waals surface area contributed by atoms with Gasteiger partial charge in [0.1, 0.15) is 12.2 Å². The maximum absolute atomic E-state index is 10.5. The minimum Gasteiger partial charge on any atom is -0.684 e. The van der Waals surface area contributed by atoms with Crippen molar-refractivity contribution in [3.05, 3.63) is 11.4 Å². The second-order valence-corrected chi connectivity index (χ2v) is 4.48. The molecule has 0 unspecified atom stereocenters. The summed E-state index contributed by atoms with van der Waals surface area (Å²) in [7, 11) is -4.91. The zero-order valence-corrected chi connectivity index (χ0v) is 7.42. The van der Waals surface area contributed by atoms with E-state index in [9.17, 15) is 14.7 Å². The molecule has 13 heavy (non-hydrogen) atoms. The SMILES string of the molecule is [O-][P+]([O-])([O-])C1=C[C@@H](O)[C@@H](O)[C@H](O)C1. The molecule has 0 saturated heterocycles. The number of aliphatic hydroxyl groups is 3. The van der Waals surface area contributed by atoms with Gasteiger partial charge in [0.2, 0.25) is 0 Å². The maximum atomic E-state index is 10.5. The van der Waals surface area contributed by atoms with E-state index in [0.717, 1.165) is 6.08 Å². The molecule has 0 fully saturated rings. The van der Waals surface area contributed by atoms with E-state index < -0.39 is 38.0 Å². The Kier molecular flexibility index (Phi) is 3.04. The Bertz CT molecular complexity index is 222. The largest absolute Gasteiger partial charge is 0.684 e. The van der Waals surface area contributed by atoms with Gasteiger partial charge < -0.3 is 30.0 Å². The van der Waals surface area contributed by atoms with Gasteiger partial charge in [-0.15, -0.1) is 7.94 Å². The molecule has 6 nitrogen and oxygen atoms in total. The van der Waals surface area contributed by atoms with Crippen LogP contribution in [0.15, 0.2) is 11.4 Å². The molecule has 0 aromatic rings. The second-order valence-electron chi connectivity index (χ2n) is 2.91. The van der Waals surface area contributed by atoms with E-state index in [-0.39, 0.29) is 0 Å². The summed E-state index contributed by atoms with van der Waals surface area (Å²) in [4.78, 5) is 31.5. The molecule has 0 spiro atoms. The Hall–Kier alpha value is -0.0700. The molecule has 0 amide bonds. The van der Waals surface area contributed by atoms with Gasteiger partial charge in [0.15, 0.2) is 0 Å². The highest BCUT2D eigenvalue weighted by Gasteiger charge is 2.31. The molecular weight excluding hydrogens is 199 g/mol. The number of hydrogen-bond donors (Lipinski definition) is 3. The number of hydrogen-bond acceptors (Lipinski definition) is 6. The van der Waals surface area contributed by atoms with Gasteiger partial charge in [-0.05, 0) is 6.08 Å². The summed E-state index contributed by atoms with van der Waals surface area (Å²) in [6.07, 6.45) is -4.03. The molecule has 3 atom stereocenters. The van der Waals surface area contributed by atoms with Gasteiger partial charge >= 0.3 is 0 Å². The minimum absolute atomic E-state index is 0.442. The molecular formula is C6H9O6P-2. The lowest BCUT2D eigenvalue weighted by atomic mass is 9.99. The summed E-state index contributed by atoms with van der Waals surface area (Å²) < 4.78 is 0. The molecule has 76 valence electrons. The zero-order chi connectivity index (χ0) is 10.2. The average molecular weight is 208 g/mol. The first-order chi connectivity index (χ1) is 5.82. The Labute approximate surface area is 75.0 Å². The van der Waals surface area contributed by atoms with Crippen molar-refractivity contribution < 1.29 is 30.0 Å². The van der Waals surface area contributed by atoms with Crippen LogP contribution in [0.1, 0.15) is 6.42 Å². The van der Waals surface area contributed by atoms with Gasteiger partial charge in [-0.2, -0.15) is 0 Å². The van der Waals surface area contributed by atoms with E-state index in [0.29, 0.717) is 0 Å². The second kappa shape index (κ2) is 3.59. The third-order valence-corrected chi connectivity index (χ3v) is 2.91. The fourth-order valence-electron chi connectivity index (χ4n) is 1.13. The lowest BCUT2D eigenvalue weighted by Gasteiger charge is -2.46. The quantitative estimate of drug-likeness (QED) is 0.379. The van der Waals surface area contributed by atoms with Crippen LogP contribution in [0.3, 0.4) is 0 Å². The predicted octanol–water partition coefficient (Wildman–Crippen LogP) is -3.80. The van der Waals surface area contributed by atoms with Crippen LogP contribution in [0.2, 0.25) is 0 Å². The summed E-state index contributed by atoms with van der Waals surface area (Å²) in [5.41, 5.74) is 0. The van der Waals surface area contributed by atoms with Crippen molar-refractivity contribution >= 4 is 7.94 Å². The van der Waals surface area contributed by atoms with Crippen LogP contribution in [-0.2, 0) is 0 Å². The van der Waals surface area contributed by atoms with Crippen molar-refractivity contribution in [2.75, 3.05) is 0 Å². The topological polar surface area (TPSA) is 130 Å². The van der Waals surface area contributed by atoms with Crippen molar-refractivity contribution in [3.63, 3.8) is 0 Å². The maximum Gasteiger partial charge on any atom is 0.110 e. The van der Waals surface area contributed by atoms with Crippen molar-refractivity contribution in [2.24, 2.45) is 0 Å². The van der Waals surface area contributed by atoms with Crippen molar-refractivity contribution in [1.29, 1.82) is 0 Å². The molecule has 1 rings (SSSR count). The average Bonchev–Trinajstić information content (AvgIpc) is 1.97. The van der Waals surface area contributed by atoms with Crippen LogP contribution >= 0.6 is 7.94 Å². The van der Waals surface area contributed by atoms with E-state index in [1.807, 2.05) is 0 Å². The Balaban J connectivity index is 2.85. The smallest absolute Gasteiger partial charge is 0.110 e. The van der Waals surface area contributed by atoms with Gasteiger partial charge in [0, 0.05) is 6.42 Å². The lowest BCUT2D eigenvalue weighted by Crippen LogP contribution is -2.44. The normalized spacial score (nSPS) is 35.8. The third-order valence-electron chi connectivity index (χ3n) is 1.88. The summed E-state index contributed by atoms with van der Waals surface area (Å²) in [6.45, 7) is 0. The molecule has 1 aliphatic rings. The molecule has 0 bridgehead atoms. The molecule has 7 heteroatoms. The number of aliphatic hydroxyl groups excluding tert-OH is 3. The first-order valence-electron chi connectivity index (χ1n) is 3.60. The fraction of sp³-hybridized carbons (Fsp3) is 0.667. The lowest BCUT2D eigenvalue weighted by molar-refractivity contribution is -0.424. The van der Waals surface area contributed by atoms with Crippen LogP contribution < -0.4 is 14.7 Å². The van der Waals surface area contributed by atoms with Crippen LogP contribution in [0.4, 0.5) is 0 Å².